The number of aromatic nitrogens is 6. The molecule has 0 amide bonds. The summed E-state index contributed by atoms with van der Waals surface area (Å²) < 4.78 is 9.74. The maximum Gasteiger partial charge on any atom is 0.160 e. The summed E-state index contributed by atoms with van der Waals surface area (Å²) >= 11 is 0. The summed E-state index contributed by atoms with van der Waals surface area (Å²) in [7, 11) is 0. The number of hydrogen-bond acceptors (Lipinski definition) is 4. The van der Waals surface area contributed by atoms with Crippen LogP contribution in [0.4, 0.5) is 0 Å². The van der Waals surface area contributed by atoms with Gasteiger partial charge in [0.15, 0.2) is 5.82 Å². The van der Waals surface area contributed by atoms with Gasteiger partial charge in [0.1, 0.15) is 6.17 Å². The third-order valence-electron chi connectivity index (χ3n) is 22.1. The van der Waals surface area contributed by atoms with Crippen LogP contribution in [0.15, 0.2) is 381 Å². The molecule has 5 aromatic heterocycles. The van der Waals surface area contributed by atoms with Crippen molar-refractivity contribution in [1.82, 2.24) is 33.6 Å². The lowest BCUT2D eigenvalue weighted by Crippen LogP contribution is -2.25. The van der Waals surface area contributed by atoms with Crippen LogP contribution in [0.3, 0.4) is 0 Å². The normalized spacial score (nSPS) is 13.3. The summed E-state index contributed by atoms with van der Waals surface area (Å²) in [5.41, 5.74) is 25.1. The minimum absolute atomic E-state index is 0.350. The molecule has 22 rings (SSSR count). The lowest BCUT2D eigenvalue weighted by Gasteiger charge is -2.26. The number of aliphatic imine (C=N–C) groups is 1. The van der Waals surface area contributed by atoms with Crippen molar-refractivity contribution in [1.29, 1.82) is 0 Å². The molecule has 0 bridgehead atoms. The molecule has 0 fully saturated rings. The van der Waals surface area contributed by atoms with Crippen LogP contribution in [0.5, 0.6) is 0 Å². The maximum atomic E-state index is 5.56. The highest BCUT2D eigenvalue weighted by molar-refractivity contribution is 6.20. The quantitative estimate of drug-likeness (QED) is 0.140. The van der Waals surface area contributed by atoms with Gasteiger partial charge in [0.05, 0.1) is 61.2 Å². The van der Waals surface area contributed by atoms with Gasteiger partial charge in [-0.05, 0) is 147 Å². The Bertz CT molecular complexity index is 7050. The van der Waals surface area contributed by atoms with Gasteiger partial charge < -0.3 is 23.6 Å². The first kappa shape index (κ1) is 61.0. The number of nitrogens with one attached hydrogen (secondary N) is 1. The third-order valence-corrected chi connectivity index (χ3v) is 22.1. The third kappa shape index (κ3) is 9.88. The van der Waals surface area contributed by atoms with Crippen molar-refractivity contribution in [3.63, 3.8) is 0 Å². The van der Waals surface area contributed by atoms with E-state index in [1.54, 1.807) is 0 Å². The maximum absolute atomic E-state index is 5.56. The Morgan fingerprint density at radius 1 is 0.241 bits per heavy atom. The molecule has 0 spiro atoms. The first-order chi connectivity index (χ1) is 53.5. The Hall–Kier alpha value is -14.5. The predicted molar refractivity (Wildman–Crippen MR) is 449 cm³/mol. The number of rotatable bonds is 11. The molecule has 108 heavy (non-hydrogen) atoms. The van der Waals surface area contributed by atoms with Gasteiger partial charge in [0.25, 0.3) is 0 Å². The smallest absolute Gasteiger partial charge is 0.160 e. The molecule has 0 saturated heterocycles. The topological polar surface area (TPSA) is 69.9 Å². The summed E-state index contributed by atoms with van der Waals surface area (Å²) in [5, 5.41) is 18.1. The number of allylic oxidation sites excluding steroid dienone is 1. The van der Waals surface area contributed by atoms with Crippen LogP contribution in [-0.2, 0) is 0 Å². The Morgan fingerprint density at radius 3 is 1.13 bits per heavy atom. The van der Waals surface area contributed by atoms with Crippen LogP contribution in [-0.4, -0.2) is 33.9 Å². The number of para-hydroxylation sites is 7. The van der Waals surface area contributed by atoms with Crippen LogP contribution in [0.2, 0.25) is 0 Å². The van der Waals surface area contributed by atoms with Crippen molar-refractivity contribution in [2.24, 2.45) is 4.99 Å². The standard InChI is InChI=1S/C100H64N8/c1-3-26-65(27-4-1)99-101-87(61-88(102-99)69-53-71(105-91-42-16-9-33-78(91)79-34-10-17-43-92(79)105)59-72(54-69)106-93-44-18-11-35-80(93)81-36-12-19-45-94(81)106)68-50-49-64-31-23-40-76(85(64)58-68)67-51-52-98-86(57-67)84-39-15-22-48-97(84)108(98)74-56-70(55-73(60-74)107-95-46-20-13-37-82(95)83-38-14-21-47-96(83)107)89-62-90(104-100(103-89)66-28-5-2-6-29-66)77-41-24-30-63-25-7-8-32-75(63)77/h1-62,100,103H. The van der Waals surface area contributed by atoms with Gasteiger partial charge in [-0.15, -0.1) is 0 Å². The van der Waals surface area contributed by atoms with Crippen molar-refractivity contribution >= 4 is 120 Å². The molecule has 6 heterocycles. The Kier molecular flexibility index (Phi) is 13.9. The molecule has 16 aromatic carbocycles. The van der Waals surface area contributed by atoms with Gasteiger partial charge in [-0.25, -0.2) is 9.97 Å². The largest absolute Gasteiger partial charge is 0.360 e. The fourth-order valence-electron chi connectivity index (χ4n) is 17.3. The molecular weight excluding hydrogens is 1310 g/mol. The van der Waals surface area contributed by atoms with E-state index in [0.717, 1.165) is 161 Å². The zero-order valence-electron chi connectivity index (χ0n) is 58.5. The fourth-order valence-corrected chi connectivity index (χ4v) is 17.3. The van der Waals surface area contributed by atoms with Crippen LogP contribution in [0, 0.1) is 0 Å². The van der Waals surface area contributed by atoms with Crippen molar-refractivity contribution in [3.05, 3.63) is 393 Å². The van der Waals surface area contributed by atoms with E-state index in [4.69, 9.17) is 15.0 Å². The minimum atomic E-state index is -0.350. The number of fused-ring (bicyclic) bond motifs is 14. The van der Waals surface area contributed by atoms with Crippen molar-refractivity contribution in [3.8, 4) is 67.8 Å². The molecule has 0 saturated carbocycles. The van der Waals surface area contributed by atoms with Crippen LogP contribution >= 0.6 is 0 Å². The number of benzene rings is 16. The Labute approximate surface area is 621 Å². The number of nitrogens with zero attached hydrogens (tertiary/aromatic N) is 7. The van der Waals surface area contributed by atoms with E-state index in [0.29, 0.717) is 5.82 Å². The molecule has 1 atom stereocenters. The van der Waals surface area contributed by atoms with Gasteiger partial charge >= 0.3 is 0 Å². The highest BCUT2D eigenvalue weighted by atomic mass is 15.1. The average molecular weight is 1380 g/mol. The SMILES string of the molecule is C1=C(c2cc(-n3c4ccccc4c4ccccc43)cc(-n3c4ccccc4c4cc(-c5cccc6ccc(-c7cc(-c8cc(-n9c%10ccccc%10c%10ccccc%109)cc(-n9c%10ccccc%10c%10ccccc%109)c8)nc(-c8ccccc8)n7)cc56)ccc43)c2)NC(c2ccccc2)N=C1c1cccc2ccccc12. The summed E-state index contributed by atoms with van der Waals surface area (Å²) in [6, 6.07) is 134. The summed E-state index contributed by atoms with van der Waals surface area (Å²) in [6.45, 7) is 0. The van der Waals surface area contributed by atoms with E-state index in [-0.39, 0.29) is 6.17 Å². The Morgan fingerprint density at radius 2 is 0.620 bits per heavy atom. The second-order valence-electron chi connectivity index (χ2n) is 28.3. The molecule has 0 aliphatic carbocycles. The summed E-state index contributed by atoms with van der Waals surface area (Å²) in [4.78, 5) is 16.6. The molecule has 1 aliphatic heterocycles. The van der Waals surface area contributed by atoms with Gasteiger partial charge in [0.2, 0.25) is 0 Å². The summed E-state index contributed by atoms with van der Waals surface area (Å²) in [6.07, 6.45) is 1.91. The van der Waals surface area contributed by atoms with Crippen molar-refractivity contribution < 1.29 is 0 Å². The van der Waals surface area contributed by atoms with Crippen LogP contribution in [0.25, 0.3) is 182 Å². The molecule has 0 radical (unpaired) electrons. The molecule has 8 heteroatoms. The van der Waals surface area contributed by atoms with E-state index in [1.807, 2.05) is 0 Å². The second-order valence-corrected chi connectivity index (χ2v) is 28.3. The highest BCUT2D eigenvalue weighted by Crippen LogP contribution is 2.44. The van der Waals surface area contributed by atoms with Crippen LogP contribution in [0.1, 0.15) is 22.9 Å². The lowest BCUT2D eigenvalue weighted by molar-refractivity contribution is 0.664. The van der Waals surface area contributed by atoms with Gasteiger partial charge in [0, 0.05) is 99.4 Å². The van der Waals surface area contributed by atoms with Crippen molar-refractivity contribution in [2.75, 3.05) is 0 Å². The lowest BCUT2D eigenvalue weighted by atomic mass is 9.94. The zero-order chi connectivity index (χ0) is 70.9. The average Bonchev–Trinajstić information content (AvgIpc) is 1.55. The van der Waals surface area contributed by atoms with Crippen LogP contribution < -0.4 is 5.32 Å². The van der Waals surface area contributed by atoms with E-state index < -0.39 is 0 Å². The second kappa shape index (κ2) is 24.6. The first-order valence-electron chi connectivity index (χ1n) is 36.9. The molecular formula is C100H64N8. The number of hydrogen-bond donors (Lipinski definition) is 1. The Balaban J connectivity index is 0.714. The highest BCUT2D eigenvalue weighted by Gasteiger charge is 2.26. The molecule has 21 aromatic rings. The minimum Gasteiger partial charge on any atom is -0.360 e. The monoisotopic (exact) mass is 1380 g/mol. The van der Waals surface area contributed by atoms with Gasteiger partial charge in [-0.1, -0.05) is 267 Å². The molecule has 1 aliphatic rings. The summed E-state index contributed by atoms with van der Waals surface area (Å²) in [5.74, 6) is 0.648. The van der Waals surface area contributed by atoms with E-state index in [9.17, 15) is 0 Å². The fraction of sp³-hybridized carbons (Fsp3) is 0.0100. The molecule has 8 nitrogen and oxygen atoms in total. The van der Waals surface area contributed by atoms with E-state index in [1.165, 1.54) is 37.7 Å². The van der Waals surface area contributed by atoms with E-state index in [2.05, 4.69) is 400 Å². The molecule has 1 N–H and O–H groups in total. The molecule has 504 valence electrons. The predicted octanol–water partition coefficient (Wildman–Crippen LogP) is 25.0. The van der Waals surface area contributed by atoms with Gasteiger partial charge in [-0.3, -0.25) is 4.99 Å². The first-order valence-corrected chi connectivity index (χ1v) is 36.9. The zero-order valence-corrected chi connectivity index (χ0v) is 58.5. The van der Waals surface area contributed by atoms with Crippen molar-refractivity contribution in [2.45, 2.75) is 6.17 Å². The van der Waals surface area contributed by atoms with E-state index >= 15 is 0 Å². The van der Waals surface area contributed by atoms with Gasteiger partial charge in [-0.2, -0.15) is 0 Å². The molecule has 1 unspecified atom stereocenters.